The predicted molar refractivity (Wildman–Crippen MR) is 91.0 cm³/mol. The van der Waals surface area contributed by atoms with Crippen LogP contribution in [0.3, 0.4) is 0 Å². The average molecular weight is 357 g/mol. The Morgan fingerprint density at radius 2 is 2.27 bits per heavy atom. The standard InChI is InChI=1S/C17H16FN5O3/c18-10-4-1-3-9(7-10)15-20-12(14(19)24)13-16(22-15)23(17(25)21-13)8-11-5-2-6-26-11/h1,3-4,7,11H,2,5-6,8H2,(H2,19,24)(H,21,25). The first-order chi connectivity index (χ1) is 12.5. The van der Waals surface area contributed by atoms with Gasteiger partial charge in [-0.25, -0.2) is 19.2 Å². The number of rotatable bonds is 4. The number of halogens is 1. The summed E-state index contributed by atoms with van der Waals surface area (Å²) in [4.78, 5) is 35.3. The van der Waals surface area contributed by atoms with E-state index < -0.39 is 17.4 Å². The van der Waals surface area contributed by atoms with Crippen molar-refractivity contribution in [2.75, 3.05) is 6.61 Å². The zero-order chi connectivity index (χ0) is 18.3. The lowest BCUT2D eigenvalue weighted by Crippen LogP contribution is -2.24. The fourth-order valence-electron chi connectivity index (χ4n) is 3.13. The maximum Gasteiger partial charge on any atom is 0.327 e. The van der Waals surface area contributed by atoms with E-state index in [1.54, 1.807) is 6.07 Å². The molecule has 3 aromatic rings. The molecule has 3 heterocycles. The summed E-state index contributed by atoms with van der Waals surface area (Å²) in [5.41, 5.74) is 5.67. The molecule has 4 rings (SSSR count). The van der Waals surface area contributed by atoms with Gasteiger partial charge in [0.05, 0.1) is 12.6 Å². The van der Waals surface area contributed by atoms with Crippen LogP contribution < -0.4 is 11.4 Å². The average Bonchev–Trinajstić information content (AvgIpc) is 3.23. The van der Waals surface area contributed by atoms with Crippen LogP contribution in [0, 0.1) is 5.82 Å². The first kappa shape index (κ1) is 16.4. The third-order valence-electron chi connectivity index (χ3n) is 4.35. The largest absolute Gasteiger partial charge is 0.376 e. The van der Waals surface area contributed by atoms with Gasteiger partial charge < -0.3 is 15.5 Å². The van der Waals surface area contributed by atoms with Crippen LogP contribution in [0.2, 0.25) is 0 Å². The second-order valence-electron chi connectivity index (χ2n) is 6.14. The minimum Gasteiger partial charge on any atom is -0.376 e. The summed E-state index contributed by atoms with van der Waals surface area (Å²) in [7, 11) is 0. The van der Waals surface area contributed by atoms with Crippen molar-refractivity contribution in [3.05, 3.63) is 46.3 Å². The smallest absolute Gasteiger partial charge is 0.327 e. The number of nitrogens with zero attached hydrogens (tertiary/aromatic N) is 3. The van der Waals surface area contributed by atoms with E-state index in [2.05, 4.69) is 15.0 Å². The van der Waals surface area contributed by atoms with E-state index in [1.165, 1.54) is 22.8 Å². The van der Waals surface area contributed by atoms with Crippen molar-refractivity contribution in [2.45, 2.75) is 25.5 Å². The summed E-state index contributed by atoms with van der Waals surface area (Å²) in [6.07, 6.45) is 1.66. The summed E-state index contributed by atoms with van der Waals surface area (Å²) in [5.74, 6) is -1.15. The first-order valence-corrected chi connectivity index (χ1v) is 8.21. The molecule has 0 bridgehead atoms. The van der Waals surface area contributed by atoms with Crippen molar-refractivity contribution in [2.24, 2.45) is 5.73 Å². The van der Waals surface area contributed by atoms with E-state index in [1.807, 2.05) is 0 Å². The molecule has 1 aromatic carbocycles. The number of hydrogen-bond donors (Lipinski definition) is 2. The number of imidazole rings is 1. The Hall–Kier alpha value is -3.07. The van der Waals surface area contributed by atoms with Gasteiger partial charge in [0.25, 0.3) is 5.91 Å². The highest BCUT2D eigenvalue weighted by atomic mass is 19.1. The molecular weight excluding hydrogens is 341 g/mol. The van der Waals surface area contributed by atoms with Crippen molar-refractivity contribution in [1.29, 1.82) is 0 Å². The Balaban J connectivity index is 1.91. The monoisotopic (exact) mass is 357 g/mol. The molecule has 0 aliphatic carbocycles. The summed E-state index contributed by atoms with van der Waals surface area (Å²) < 4.78 is 20.5. The molecule has 1 atom stereocenters. The zero-order valence-electron chi connectivity index (χ0n) is 13.7. The first-order valence-electron chi connectivity index (χ1n) is 8.21. The maximum absolute atomic E-state index is 13.6. The van der Waals surface area contributed by atoms with Crippen molar-refractivity contribution < 1.29 is 13.9 Å². The Bertz CT molecular complexity index is 1050. The predicted octanol–water partition coefficient (Wildman–Crippen LogP) is 1.20. The quantitative estimate of drug-likeness (QED) is 0.728. The Morgan fingerprint density at radius 3 is 2.96 bits per heavy atom. The van der Waals surface area contributed by atoms with Gasteiger partial charge in [-0.3, -0.25) is 9.36 Å². The molecular formula is C17H16FN5O3. The summed E-state index contributed by atoms with van der Waals surface area (Å²) in [6.45, 7) is 0.953. The van der Waals surface area contributed by atoms with Crippen LogP contribution in [0.25, 0.3) is 22.6 Å². The lowest BCUT2D eigenvalue weighted by atomic mass is 10.2. The Morgan fingerprint density at radius 1 is 1.42 bits per heavy atom. The van der Waals surface area contributed by atoms with Crippen LogP contribution in [-0.2, 0) is 11.3 Å². The molecule has 2 aromatic heterocycles. The molecule has 1 aliphatic rings. The number of nitrogens with one attached hydrogen (secondary N) is 1. The zero-order valence-corrected chi connectivity index (χ0v) is 13.7. The minimum absolute atomic E-state index is 0.101. The number of aromatic amines is 1. The van der Waals surface area contributed by atoms with E-state index >= 15 is 0 Å². The molecule has 9 heteroatoms. The number of hydrogen-bond acceptors (Lipinski definition) is 5. The molecule has 1 unspecified atom stereocenters. The molecule has 1 amide bonds. The molecule has 26 heavy (non-hydrogen) atoms. The van der Waals surface area contributed by atoms with Gasteiger partial charge in [-0.1, -0.05) is 12.1 Å². The lowest BCUT2D eigenvalue weighted by Gasteiger charge is -2.10. The number of carbonyl (C=O) groups excluding carboxylic acids is 1. The minimum atomic E-state index is -0.805. The lowest BCUT2D eigenvalue weighted by molar-refractivity contribution is 0.0970. The fraction of sp³-hybridized carbons (Fsp3) is 0.294. The molecule has 1 saturated heterocycles. The number of aromatic nitrogens is 4. The number of primary amides is 1. The molecule has 0 spiro atoms. The fourth-order valence-corrected chi connectivity index (χ4v) is 3.13. The van der Waals surface area contributed by atoms with Crippen molar-refractivity contribution in [3.63, 3.8) is 0 Å². The van der Waals surface area contributed by atoms with Crippen LogP contribution >= 0.6 is 0 Å². The number of fused-ring (bicyclic) bond motifs is 1. The SMILES string of the molecule is NC(=O)c1nc(-c2cccc(F)c2)nc2c1[nH]c(=O)n2CC1CCCO1. The van der Waals surface area contributed by atoms with Crippen LogP contribution in [0.4, 0.5) is 4.39 Å². The van der Waals surface area contributed by atoms with Gasteiger partial charge >= 0.3 is 5.69 Å². The molecule has 134 valence electrons. The molecule has 0 radical (unpaired) electrons. The van der Waals surface area contributed by atoms with Crippen molar-refractivity contribution in [1.82, 2.24) is 19.5 Å². The summed E-state index contributed by atoms with van der Waals surface area (Å²) >= 11 is 0. The number of ether oxygens (including phenoxy) is 1. The van der Waals surface area contributed by atoms with Crippen LogP contribution in [0.15, 0.2) is 29.1 Å². The topological polar surface area (TPSA) is 116 Å². The van der Waals surface area contributed by atoms with Gasteiger partial charge in [0, 0.05) is 12.2 Å². The number of carbonyl (C=O) groups is 1. The van der Waals surface area contributed by atoms with E-state index in [0.717, 1.165) is 12.8 Å². The molecule has 1 fully saturated rings. The molecule has 3 N–H and O–H groups in total. The Labute approximate surface area is 146 Å². The van der Waals surface area contributed by atoms with E-state index in [4.69, 9.17) is 10.5 Å². The van der Waals surface area contributed by atoms with Crippen molar-refractivity contribution >= 4 is 17.1 Å². The van der Waals surface area contributed by atoms with Gasteiger partial charge in [0.15, 0.2) is 17.2 Å². The van der Waals surface area contributed by atoms with Crippen LogP contribution in [0.1, 0.15) is 23.3 Å². The van der Waals surface area contributed by atoms with Crippen molar-refractivity contribution in [3.8, 4) is 11.4 Å². The highest BCUT2D eigenvalue weighted by Crippen LogP contribution is 2.22. The van der Waals surface area contributed by atoms with E-state index in [9.17, 15) is 14.0 Å². The highest BCUT2D eigenvalue weighted by molar-refractivity contribution is 6.01. The second-order valence-corrected chi connectivity index (χ2v) is 6.14. The van der Waals surface area contributed by atoms with Gasteiger partial charge in [-0.15, -0.1) is 0 Å². The Kier molecular flexibility index (Phi) is 4.00. The number of amides is 1. The number of benzene rings is 1. The normalized spacial score (nSPS) is 17.0. The third-order valence-corrected chi connectivity index (χ3v) is 4.35. The summed E-state index contributed by atoms with van der Waals surface area (Å²) in [5, 5.41) is 0. The van der Waals surface area contributed by atoms with Gasteiger partial charge in [-0.05, 0) is 25.0 Å². The van der Waals surface area contributed by atoms with E-state index in [-0.39, 0.29) is 28.8 Å². The van der Waals surface area contributed by atoms with Crippen LogP contribution in [-0.4, -0.2) is 38.1 Å². The van der Waals surface area contributed by atoms with Gasteiger partial charge in [-0.2, -0.15) is 0 Å². The molecule has 1 aliphatic heterocycles. The van der Waals surface area contributed by atoms with Gasteiger partial charge in [0.2, 0.25) is 0 Å². The third kappa shape index (κ3) is 2.86. The molecule has 0 saturated carbocycles. The maximum atomic E-state index is 13.6. The number of H-pyrrole nitrogens is 1. The molecule has 8 nitrogen and oxygen atoms in total. The summed E-state index contributed by atoms with van der Waals surface area (Å²) in [6, 6.07) is 5.67. The van der Waals surface area contributed by atoms with Crippen LogP contribution in [0.5, 0.6) is 0 Å². The van der Waals surface area contributed by atoms with Gasteiger partial charge in [0.1, 0.15) is 11.3 Å². The highest BCUT2D eigenvalue weighted by Gasteiger charge is 2.23. The second kappa shape index (κ2) is 6.34. The van der Waals surface area contributed by atoms with E-state index in [0.29, 0.717) is 18.7 Å². The number of nitrogens with two attached hydrogens (primary N) is 1.